The lowest BCUT2D eigenvalue weighted by molar-refractivity contribution is -0.148. The third-order valence-electron chi connectivity index (χ3n) is 2.86. The first-order chi connectivity index (χ1) is 7.80. The molecule has 94 valence electrons. The van der Waals surface area contributed by atoms with Crippen molar-refractivity contribution in [3.8, 4) is 5.75 Å². The fourth-order valence-electron chi connectivity index (χ4n) is 1.47. The smallest absolute Gasteiger partial charge is 0.311 e. The highest BCUT2D eigenvalue weighted by Gasteiger charge is 2.36. The molecule has 1 aromatic rings. The van der Waals surface area contributed by atoms with Gasteiger partial charge < -0.3 is 15.6 Å². The molecule has 1 unspecified atom stereocenters. The summed E-state index contributed by atoms with van der Waals surface area (Å²) in [6, 6.07) is 4.28. The first-order valence-electron chi connectivity index (χ1n) is 5.13. The molecule has 0 aromatic heterocycles. The van der Waals surface area contributed by atoms with Crippen LogP contribution in [0.2, 0.25) is 5.02 Å². The second kappa shape index (κ2) is 4.94. The van der Waals surface area contributed by atoms with E-state index < -0.39 is 17.4 Å². The summed E-state index contributed by atoms with van der Waals surface area (Å²) >= 11 is 5.89. The molecule has 0 aliphatic rings. The van der Waals surface area contributed by atoms with Gasteiger partial charge in [-0.1, -0.05) is 11.6 Å². The lowest BCUT2D eigenvalue weighted by Gasteiger charge is -2.28. The summed E-state index contributed by atoms with van der Waals surface area (Å²) in [7, 11) is 1.51. The van der Waals surface area contributed by atoms with E-state index in [1.807, 2.05) is 0 Å². The molecule has 3 N–H and O–H groups in total. The van der Waals surface area contributed by atoms with E-state index in [9.17, 15) is 4.79 Å². The molecule has 0 spiro atoms. The highest BCUT2D eigenvalue weighted by atomic mass is 35.5. The van der Waals surface area contributed by atoms with Gasteiger partial charge in [-0.25, -0.2) is 0 Å². The van der Waals surface area contributed by atoms with Crippen molar-refractivity contribution in [2.75, 3.05) is 7.11 Å². The van der Waals surface area contributed by atoms with Gasteiger partial charge in [0.05, 0.1) is 12.5 Å². The lowest BCUT2D eigenvalue weighted by atomic mass is 9.81. The quantitative estimate of drug-likeness (QED) is 0.869. The number of rotatable bonds is 4. The van der Waals surface area contributed by atoms with Gasteiger partial charge in [-0.2, -0.15) is 0 Å². The highest BCUT2D eigenvalue weighted by molar-refractivity contribution is 6.30. The number of hydrogen-bond donors (Lipinski definition) is 2. The summed E-state index contributed by atoms with van der Waals surface area (Å²) in [5.41, 5.74) is 5.49. The van der Waals surface area contributed by atoms with Gasteiger partial charge >= 0.3 is 5.97 Å². The lowest BCUT2D eigenvalue weighted by Crippen LogP contribution is -2.36. The molecule has 1 rings (SSSR count). The molecule has 0 bridgehead atoms. The van der Waals surface area contributed by atoms with Crippen molar-refractivity contribution in [1.29, 1.82) is 0 Å². The minimum atomic E-state index is -1.10. The third kappa shape index (κ3) is 2.70. The third-order valence-corrected chi connectivity index (χ3v) is 3.09. The van der Waals surface area contributed by atoms with Gasteiger partial charge in [0.2, 0.25) is 0 Å². The maximum atomic E-state index is 11.2. The van der Waals surface area contributed by atoms with Crippen LogP contribution >= 0.6 is 11.6 Å². The number of aliphatic carboxylic acids is 1. The molecule has 1 aromatic carbocycles. The van der Waals surface area contributed by atoms with Crippen LogP contribution in [0.5, 0.6) is 5.75 Å². The van der Waals surface area contributed by atoms with Crippen molar-refractivity contribution in [1.82, 2.24) is 0 Å². The van der Waals surface area contributed by atoms with Gasteiger partial charge in [-0.05, 0) is 32.0 Å². The molecular formula is C12H16ClNO3. The second-order valence-electron chi connectivity index (χ2n) is 4.39. The van der Waals surface area contributed by atoms with Crippen LogP contribution in [-0.2, 0) is 4.79 Å². The number of ether oxygens (including phenoxy) is 1. The zero-order chi connectivity index (χ0) is 13.2. The average Bonchev–Trinajstić information content (AvgIpc) is 2.27. The van der Waals surface area contributed by atoms with Crippen molar-refractivity contribution in [3.05, 3.63) is 28.8 Å². The van der Waals surface area contributed by atoms with Crippen LogP contribution in [0.25, 0.3) is 0 Å². The molecule has 0 aliphatic heterocycles. The zero-order valence-corrected chi connectivity index (χ0v) is 10.8. The minimum absolute atomic E-state index is 0.498. The van der Waals surface area contributed by atoms with E-state index in [0.29, 0.717) is 16.3 Å². The molecule has 4 nitrogen and oxygen atoms in total. The number of carboxylic acid groups (broad SMARTS) is 1. The van der Waals surface area contributed by atoms with E-state index >= 15 is 0 Å². The van der Waals surface area contributed by atoms with Crippen LogP contribution in [0.15, 0.2) is 18.2 Å². The number of carbonyl (C=O) groups is 1. The molecule has 0 heterocycles. The molecule has 0 saturated heterocycles. The van der Waals surface area contributed by atoms with E-state index in [1.165, 1.54) is 7.11 Å². The summed E-state index contributed by atoms with van der Waals surface area (Å²) in [5, 5.41) is 9.65. The highest BCUT2D eigenvalue weighted by Crippen LogP contribution is 2.37. The Morgan fingerprint density at radius 3 is 2.59 bits per heavy atom. The van der Waals surface area contributed by atoms with Crippen LogP contribution in [0.4, 0.5) is 0 Å². The van der Waals surface area contributed by atoms with Gasteiger partial charge in [0.25, 0.3) is 0 Å². The monoisotopic (exact) mass is 257 g/mol. The summed E-state index contributed by atoms with van der Waals surface area (Å²) < 4.78 is 5.16. The normalized spacial score (nSPS) is 13.2. The molecule has 5 heteroatoms. The van der Waals surface area contributed by atoms with Crippen LogP contribution in [-0.4, -0.2) is 18.2 Å². The fourth-order valence-corrected chi connectivity index (χ4v) is 1.65. The Balaban J connectivity index is 3.23. The maximum Gasteiger partial charge on any atom is 0.311 e. The standard InChI is InChI=1S/C12H16ClNO3/c1-12(2,11(15)16)10(14)8-6-7(13)4-5-9(8)17-3/h4-6,10H,14H2,1-3H3,(H,15,16). The van der Waals surface area contributed by atoms with Gasteiger partial charge in [-0.3, -0.25) is 4.79 Å². The molecule has 17 heavy (non-hydrogen) atoms. The fraction of sp³-hybridized carbons (Fsp3) is 0.417. The molecule has 0 radical (unpaired) electrons. The Hall–Kier alpha value is -1.26. The first kappa shape index (κ1) is 13.8. The number of carboxylic acids is 1. The largest absolute Gasteiger partial charge is 0.496 e. The summed E-state index contributed by atoms with van der Waals surface area (Å²) in [6.45, 7) is 3.14. The van der Waals surface area contributed by atoms with Gasteiger partial charge in [0, 0.05) is 16.6 Å². The van der Waals surface area contributed by atoms with Crippen LogP contribution in [0, 0.1) is 5.41 Å². The first-order valence-corrected chi connectivity index (χ1v) is 5.51. The second-order valence-corrected chi connectivity index (χ2v) is 4.83. The van der Waals surface area contributed by atoms with Crippen LogP contribution < -0.4 is 10.5 Å². The summed E-state index contributed by atoms with van der Waals surface area (Å²) in [6.07, 6.45) is 0. The van der Waals surface area contributed by atoms with Crippen molar-refractivity contribution in [2.24, 2.45) is 11.1 Å². The zero-order valence-electron chi connectivity index (χ0n) is 10.0. The minimum Gasteiger partial charge on any atom is -0.496 e. The Kier molecular flexibility index (Phi) is 4.01. The number of benzene rings is 1. The van der Waals surface area contributed by atoms with E-state index in [-0.39, 0.29) is 0 Å². The number of methoxy groups -OCH3 is 1. The number of halogens is 1. The maximum absolute atomic E-state index is 11.2. The van der Waals surface area contributed by atoms with Crippen molar-refractivity contribution < 1.29 is 14.6 Å². The van der Waals surface area contributed by atoms with E-state index in [1.54, 1.807) is 32.0 Å². The van der Waals surface area contributed by atoms with Gasteiger partial charge in [-0.15, -0.1) is 0 Å². The van der Waals surface area contributed by atoms with Gasteiger partial charge in [0.15, 0.2) is 0 Å². The molecule has 0 saturated carbocycles. The Morgan fingerprint density at radius 1 is 1.53 bits per heavy atom. The summed E-state index contributed by atoms with van der Waals surface area (Å²) in [4.78, 5) is 11.2. The summed E-state index contributed by atoms with van der Waals surface area (Å²) in [5.74, 6) is -0.428. The predicted molar refractivity (Wildman–Crippen MR) is 66.3 cm³/mol. The number of hydrogen-bond acceptors (Lipinski definition) is 3. The van der Waals surface area contributed by atoms with Crippen LogP contribution in [0.1, 0.15) is 25.5 Å². The average molecular weight is 258 g/mol. The van der Waals surface area contributed by atoms with Crippen molar-refractivity contribution >= 4 is 17.6 Å². The molecular weight excluding hydrogens is 242 g/mol. The Bertz CT molecular complexity index is 432. The molecule has 0 amide bonds. The molecule has 0 aliphatic carbocycles. The van der Waals surface area contributed by atoms with E-state index in [2.05, 4.69) is 0 Å². The van der Waals surface area contributed by atoms with E-state index in [4.69, 9.17) is 27.2 Å². The van der Waals surface area contributed by atoms with Gasteiger partial charge in [0.1, 0.15) is 5.75 Å². The van der Waals surface area contributed by atoms with E-state index in [0.717, 1.165) is 0 Å². The molecule has 0 fully saturated rings. The SMILES string of the molecule is COc1ccc(Cl)cc1C(N)C(C)(C)C(=O)O. The topological polar surface area (TPSA) is 72.5 Å². The van der Waals surface area contributed by atoms with Crippen LogP contribution in [0.3, 0.4) is 0 Å². The predicted octanol–water partition coefficient (Wildman–Crippen LogP) is 2.46. The van der Waals surface area contributed by atoms with Crippen molar-refractivity contribution in [3.63, 3.8) is 0 Å². The van der Waals surface area contributed by atoms with Crippen molar-refractivity contribution in [2.45, 2.75) is 19.9 Å². The Morgan fingerprint density at radius 2 is 2.12 bits per heavy atom. The molecule has 1 atom stereocenters. The number of nitrogens with two attached hydrogens (primary N) is 1. The Labute approximate surface area is 105 Å².